The van der Waals surface area contributed by atoms with Crippen molar-refractivity contribution in [1.29, 1.82) is 0 Å². The molecule has 1 aromatic carbocycles. The van der Waals surface area contributed by atoms with Crippen LogP contribution >= 0.6 is 0 Å². The summed E-state index contributed by atoms with van der Waals surface area (Å²) < 4.78 is 40.7. The molecule has 1 amide bonds. The van der Waals surface area contributed by atoms with E-state index in [0.29, 0.717) is 18.8 Å². The summed E-state index contributed by atoms with van der Waals surface area (Å²) in [4.78, 5) is 14.4. The minimum Gasteiger partial charge on any atom is -0.406 e. The van der Waals surface area contributed by atoms with Gasteiger partial charge in [0.15, 0.2) is 0 Å². The van der Waals surface area contributed by atoms with E-state index in [1.165, 1.54) is 12.1 Å². The van der Waals surface area contributed by atoms with Crippen molar-refractivity contribution in [2.45, 2.75) is 56.9 Å². The third-order valence-electron chi connectivity index (χ3n) is 6.37. The van der Waals surface area contributed by atoms with E-state index in [1.54, 1.807) is 19.1 Å². The summed E-state index contributed by atoms with van der Waals surface area (Å²) in [6, 6.07) is 6.16. The van der Waals surface area contributed by atoms with Crippen molar-refractivity contribution in [3.8, 4) is 5.75 Å². The number of benzene rings is 1. The predicted molar refractivity (Wildman–Crippen MR) is 92.1 cm³/mol. The summed E-state index contributed by atoms with van der Waals surface area (Å²) in [5.41, 5.74) is 0.484. The van der Waals surface area contributed by atoms with Gasteiger partial charge in [-0.15, -0.1) is 13.2 Å². The van der Waals surface area contributed by atoms with Gasteiger partial charge in [0.2, 0.25) is 5.91 Å². The van der Waals surface area contributed by atoms with Crippen LogP contribution in [0.4, 0.5) is 13.2 Å². The molecule has 1 heterocycles. The zero-order valence-corrected chi connectivity index (χ0v) is 15.3. The van der Waals surface area contributed by atoms with Crippen LogP contribution in [0.15, 0.2) is 24.3 Å². The lowest BCUT2D eigenvalue weighted by Gasteiger charge is -2.52. The Kier molecular flexibility index (Phi) is 4.22. The van der Waals surface area contributed by atoms with Gasteiger partial charge in [-0.3, -0.25) is 4.79 Å². The topological polar surface area (TPSA) is 49.8 Å². The standard InChI is InChI=1S/C20H24F3NO3/c1-18(26)8-15(9-18)17(25)24-11-19(12-24)7-6-14(10-19)13-2-4-16(5-3-13)27-20(21,22)23/h2-5,14-15,26H,6-12H2,1H3/t14?,15-,18+. The fourth-order valence-electron chi connectivity index (χ4n) is 5.07. The molecule has 1 aliphatic heterocycles. The van der Waals surface area contributed by atoms with Gasteiger partial charge >= 0.3 is 6.36 Å². The highest BCUT2D eigenvalue weighted by atomic mass is 19.4. The molecule has 3 fully saturated rings. The normalized spacial score (nSPS) is 32.1. The largest absolute Gasteiger partial charge is 0.573 e. The predicted octanol–water partition coefficient (Wildman–Crippen LogP) is 3.84. The summed E-state index contributed by atoms with van der Waals surface area (Å²) in [5.74, 6) is 0.224. The Labute approximate surface area is 156 Å². The summed E-state index contributed by atoms with van der Waals surface area (Å²) >= 11 is 0. The molecule has 2 saturated carbocycles. The minimum absolute atomic E-state index is 0.0456. The summed E-state index contributed by atoms with van der Waals surface area (Å²) in [5, 5.41) is 9.81. The molecule has 1 unspecified atom stereocenters. The van der Waals surface area contributed by atoms with E-state index in [-0.39, 0.29) is 23.0 Å². The molecule has 0 radical (unpaired) electrons. The molecular formula is C20H24F3NO3. The first-order valence-corrected chi connectivity index (χ1v) is 9.41. The SMILES string of the molecule is C[C@]1(O)C[C@@H](C(=O)N2CC3(CCC(c4ccc(OC(F)(F)F)cc4)C3)C2)C1. The van der Waals surface area contributed by atoms with E-state index in [0.717, 1.165) is 37.9 Å². The second kappa shape index (κ2) is 6.12. The van der Waals surface area contributed by atoms with E-state index >= 15 is 0 Å². The van der Waals surface area contributed by atoms with Crippen molar-refractivity contribution in [3.05, 3.63) is 29.8 Å². The van der Waals surface area contributed by atoms with Gasteiger partial charge in [0, 0.05) is 24.4 Å². The molecule has 4 rings (SSSR count). The highest BCUT2D eigenvalue weighted by molar-refractivity contribution is 5.81. The molecular weight excluding hydrogens is 359 g/mol. The highest BCUT2D eigenvalue weighted by Crippen LogP contribution is 2.53. The van der Waals surface area contributed by atoms with Crippen LogP contribution in [0.25, 0.3) is 0 Å². The Bertz CT molecular complexity index is 715. The second-order valence-corrected chi connectivity index (χ2v) is 8.85. The zero-order chi connectivity index (χ0) is 19.4. The van der Waals surface area contributed by atoms with Crippen LogP contribution < -0.4 is 4.74 Å². The first-order valence-electron chi connectivity index (χ1n) is 9.41. The van der Waals surface area contributed by atoms with Crippen LogP contribution in [0.3, 0.4) is 0 Å². The Morgan fingerprint density at radius 2 is 1.81 bits per heavy atom. The molecule has 0 bridgehead atoms. The van der Waals surface area contributed by atoms with Gasteiger partial charge < -0.3 is 14.7 Å². The summed E-state index contributed by atoms with van der Waals surface area (Å²) in [7, 11) is 0. The van der Waals surface area contributed by atoms with Crippen molar-refractivity contribution in [2.24, 2.45) is 11.3 Å². The third-order valence-corrected chi connectivity index (χ3v) is 6.37. The first-order chi connectivity index (χ1) is 12.5. The molecule has 3 aliphatic rings. The Hall–Kier alpha value is -1.76. The number of amides is 1. The lowest BCUT2D eigenvalue weighted by Crippen LogP contribution is -2.61. The summed E-state index contributed by atoms with van der Waals surface area (Å²) in [6.45, 7) is 3.29. The van der Waals surface area contributed by atoms with Crippen LogP contribution in [-0.4, -0.2) is 41.0 Å². The van der Waals surface area contributed by atoms with Gasteiger partial charge in [0.1, 0.15) is 5.75 Å². The molecule has 1 aromatic rings. The van der Waals surface area contributed by atoms with Gasteiger partial charge in [-0.25, -0.2) is 0 Å². The number of ether oxygens (including phenoxy) is 1. The zero-order valence-electron chi connectivity index (χ0n) is 15.3. The number of rotatable bonds is 3. The molecule has 4 nitrogen and oxygen atoms in total. The fourth-order valence-corrected chi connectivity index (χ4v) is 5.07. The smallest absolute Gasteiger partial charge is 0.406 e. The van der Waals surface area contributed by atoms with Crippen molar-refractivity contribution in [1.82, 2.24) is 4.90 Å². The lowest BCUT2D eigenvalue weighted by atomic mass is 9.69. The number of aliphatic hydroxyl groups is 1. The fraction of sp³-hybridized carbons (Fsp3) is 0.650. The molecule has 1 N–H and O–H groups in total. The van der Waals surface area contributed by atoms with Crippen molar-refractivity contribution in [2.75, 3.05) is 13.1 Å². The van der Waals surface area contributed by atoms with E-state index in [4.69, 9.17) is 0 Å². The molecule has 1 saturated heterocycles. The maximum absolute atomic E-state index is 12.4. The molecule has 148 valence electrons. The maximum atomic E-state index is 12.4. The minimum atomic E-state index is -4.67. The highest BCUT2D eigenvalue weighted by Gasteiger charge is 2.53. The van der Waals surface area contributed by atoms with E-state index in [2.05, 4.69) is 4.74 Å². The number of carbonyl (C=O) groups excluding carboxylic acids is 1. The third kappa shape index (κ3) is 3.79. The van der Waals surface area contributed by atoms with Gasteiger partial charge in [-0.1, -0.05) is 12.1 Å². The number of hydrogen-bond acceptors (Lipinski definition) is 3. The average Bonchev–Trinajstić information content (AvgIpc) is 2.95. The van der Waals surface area contributed by atoms with Crippen LogP contribution in [0.2, 0.25) is 0 Å². The molecule has 2 aliphatic carbocycles. The molecule has 27 heavy (non-hydrogen) atoms. The van der Waals surface area contributed by atoms with Crippen LogP contribution in [0.1, 0.15) is 50.5 Å². The quantitative estimate of drug-likeness (QED) is 0.863. The Balaban J connectivity index is 1.30. The molecule has 7 heteroatoms. The van der Waals surface area contributed by atoms with E-state index in [9.17, 15) is 23.1 Å². The number of nitrogens with zero attached hydrogens (tertiary/aromatic N) is 1. The van der Waals surface area contributed by atoms with Crippen LogP contribution in [0.5, 0.6) is 5.75 Å². The number of halogens is 3. The Morgan fingerprint density at radius 3 is 2.37 bits per heavy atom. The summed E-state index contributed by atoms with van der Waals surface area (Å²) in [6.07, 6.45) is -0.605. The van der Waals surface area contributed by atoms with Gasteiger partial charge in [-0.05, 0) is 62.6 Å². The number of hydrogen-bond donors (Lipinski definition) is 1. The van der Waals surface area contributed by atoms with Crippen LogP contribution in [0, 0.1) is 11.3 Å². The average molecular weight is 383 g/mol. The van der Waals surface area contributed by atoms with Gasteiger partial charge in [-0.2, -0.15) is 0 Å². The first kappa shape index (κ1) is 18.6. The number of carbonyl (C=O) groups is 1. The van der Waals surface area contributed by atoms with Crippen molar-refractivity contribution >= 4 is 5.91 Å². The van der Waals surface area contributed by atoms with Crippen LogP contribution in [-0.2, 0) is 4.79 Å². The van der Waals surface area contributed by atoms with E-state index in [1.807, 2.05) is 4.90 Å². The second-order valence-electron chi connectivity index (χ2n) is 8.85. The van der Waals surface area contributed by atoms with Crippen molar-refractivity contribution < 1.29 is 27.8 Å². The van der Waals surface area contributed by atoms with Gasteiger partial charge in [0.05, 0.1) is 5.60 Å². The number of alkyl halides is 3. The monoisotopic (exact) mass is 383 g/mol. The molecule has 0 aromatic heterocycles. The molecule has 1 spiro atoms. The molecule has 1 atom stereocenters. The van der Waals surface area contributed by atoms with E-state index < -0.39 is 12.0 Å². The van der Waals surface area contributed by atoms with Gasteiger partial charge in [0.25, 0.3) is 0 Å². The number of likely N-dealkylation sites (tertiary alicyclic amines) is 1. The lowest BCUT2D eigenvalue weighted by molar-refractivity contribution is -0.274. The Morgan fingerprint density at radius 1 is 1.19 bits per heavy atom. The maximum Gasteiger partial charge on any atom is 0.573 e. The van der Waals surface area contributed by atoms with Crippen molar-refractivity contribution in [3.63, 3.8) is 0 Å².